The standard InChI is InChI=1S/C26H26F2N4O.H2O/c27-21-9-5-19(6-10-21)25(20-7-11-22(28)12-8-20)31-16-13-30(14-17-31)15-18-32-24-4-2-1-3-23(24)29-26(32)33;/h1-12,25H,13-18H2,(H,29,33);1H2. The van der Waals surface area contributed by atoms with Gasteiger partial charge in [-0.25, -0.2) is 13.6 Å². The maximum Gasteiger partial charge on any atom is 0.326 e. The number of piperazine rings is 1. The van der Waals surface area contributed by atoms with Gasteiger partial charge in [0.05, 0.1) is 17.1 Å². The lowest BCUT2D eigenvalue weighted by Crippen LogP contribution is -2.48. The summed E-state index contributed by atoms with van der Waals surface area (Å²) in [6.07, 6.45) is 0. The molecule has 4 aromatic rings. The second-order valence-electron chi connectivity index (χ2n) is 8.48. The zero-order valence-electron chi connectivity index (χ0n) is 18.8. The number of aromatic amines is 1. The molecule has 6 nitrogen and oxygen atoms in total. The van der Waals surface area contributed by atoms with Crippen molar-refractivity contribution >= 4 is 11.0 Å². The smallest absolute Gasteiger partial charge is 0.326 e. The van der Waals surface area contributed by atoms with Crippen LogP contribution in [0.5, 0.6) is 0 Å². The lowest BCUT2D eigenvalue weighted by atomic mass is 9.96. The summed E-state index contributed by atoms with van der Waals surface area (Å²) in [7, 11) is 0. The van der Waals surface area contributed by atoms with Gasteiger partial charge in [0.2, 0.25) is 0 Å². The molecule has 5 rings (SSSR count). The van der Waals surface area contributed by atoms with Gasteiger partial charge in [-0.3, -0.25) is 14.4 Å². The Bertz CT molecular complexity index is 1230. The van der Waals surface area contributed by atoms with Gasteiger partial charge in [0.25, 0.3) is 0 Å². The van der Waals surface area contributed by atoms with Gasteiger partial charge >= 0.3 is 5.69 Å². The monoisotopic (exact) mass is 466 g/mol. The van der Waals surface area contributed by atoms with E-state index in [2.05, 4.69) is 14.8 Å². The highest BCUT2D eigenvalue weighted by atomic mass is 19.1. The van der Waals surface area contributed by atoms with E-state index in [1.165, 1.54) is 24.3 Å². The number of imidazole rings is 1. The Balaban J connectivity index is 0.00000274. The van der Waals surface area contributed by atoms with E-state index in [0.29, 0.717) is 6.54 Å². The molecule has 0 amide bonds. The Morgan fingerprint density at radius 2 is 1.32 bits per heavy atom. The fraction of sp³-hybridized carbons (Fsp3) is 0.269. The molecule has 0 radical (unpaired) electrons. The number of nitrogens with one attached hydrogen (secondary N) is 1. The van der Waals surface area contributed by atoms with Crippen molar-refractivity contribution in [3.63, 3.8) is 0 Å². The van der Waals surface area contributed by atoms with Gasteiger partial charge in [0, 0.05) is 39.3 Å². The molecule has 1 aromatic heterocycles. The van der Waals surface area contributed by atoms with Crippen LogP contribution in [-0.4, -0.2) is 57.6 Å². The van der Waals surface area contributed by atoms with Crippen molar-refractivity contribution in [3.8, 4) is 0 Å². The lowest BCUT2D eigenvalue weighted by Gasteiger charge is -2.39. The van der Waals surface area contributed by atoms with Crippen LogP contribution in [-0.2, 0) is 6.54 Å². The molecule has 8 heteroatoms. The molecular formula is C26H28F2N4O2. The number of benzene rings is 3. The number of rotatable bonds is 6. The van der Waals surface area contributed by atoms with Crippen LogP contribution in [0.2, 0.25) is 0 Å². The van der Waals surface area contributed by atoms with Crippen molar-refractivity contribution in [2.45, 2.75) is 12.6 Å². The summed E-state index contributed by atoms with van der Waals surface area (Å²) >= 11 is 0. The van der Waals surface area contributed by atoms with E-state index in [4.69, 9.17) is 0 Å². The fourth-order valence-corrected chi connectivity index (χ4v) is 4.72. The second-order valence-corrected chi connectivity index (χ2v) is 8.48. The number of hydrogen-bond donors (Lipinski definition) is 1. The summed E-state index contributed by atoms with van der Waals surface area (Å²) in [5.74, 6) is -0.539. The largest absolute Gasteiger partial charge is 0.412 e. The Kier molecular flexibility index (Phi) is 7.21. The molecule has 0 aliphatic carbocycles. The van der Waals surface area contributed by atoms with E-state index in [1.807, 2.05) is 24.3 Å². The maximum atomic E-state index is 13.5. The van der Waals surface area contributed by atoms with Crippen LogP contribution < -0.4 is 5.69 Å². The van der Waals surface area contributed by atoms with E-state index in [0.717, 1.165) is 54.9 Å². The molecule has 2 heterocycles. The molecule has 34 heavy (non-hydrogen) atoms. The predicted molar refractivity (Wildman–Crippen MR) is 129 cm³/mol. The molecule has 1 aliphatic heterocycles. The van der Waals surface area contributed by atoms with Crippen molar-refractivity contribution in [1.29, 1.82) is 0 Å². The molecule has 3 aromatic carbocycles. The van der Waals surface area contributed by atoms with Crippen molar-refractivity contribution in [2.75, 3.05) is 32.7 Å². The SMILES string of the molecule is O.O=c1[nH]c2ccccc2n1CCN1CCN(C(c2ccc(F)cc2)c2ccc(F)cc2)CC1. The first-order valence-corrected chi connectivity index (χ1v) is 11.2. The molecule has 0 saturated carbocycles. The molecule has 3 N–H and O–H groups in total. The Labute approximate surface area is 196 Å². The highest BCUT2D eigenvalue weighted by molar-refractivity contribution is 5.74. The molecular weight excluding hydrogens is 438 g/mol. The Morgan fingerprint density at radius 3 is 1.91 bits per heavy atom. The van der Waals surface area contributed by atoms with Crippen molar-refractivity contribution in [2.24, 2.45) is 0 Å². The number of aromatic nitrogens is 2. The fourth-order valence-electron chi connectivity index (χ4n) is 4.72. The molecule has 178 valence electrons. The highest BCUT2D eigenvalue weighted by Gasteiger charge is 2.26. The van der Waals surface area contributed by atoms with E-state index >= 15 is 0 Å². The van der Waals surface area contributed by atoms with Gasteiger partial charge in [0.15, 0.2) is 0 Å². The lowest BCUT2D eigenvalue weighted by molar-refractivity contribution is 0.107. The number of H-pyrrole nitrogens is 1. The molecule has 0 spiro atoms. The van der Waals surface area contributed by atoms with E-state index in [-0.39, 0.29) is 28.8 Å². The zero-order chi connectivity index (χ0) is 22.8. The van der Waals surface area contributed by atoms with Crippen molar-refractivity contribution in [1.82, 2.24) is 19.4 Å². The van der Waals surface area contributed by atoms with E-state index in [1.54, 1.807) is 28.8 Å². The molecule has 0 unspecified atom stereocenters. The second kappa shape index (κ2) is 10.3. The van der Waals surface area contributed by atoms with Gasteiger partial charge in [-0.15, -0.1) is 0 Å². The number of halogens is 2. The van der Waals surface area contributed by atoms with Crippen molar-refractivity contribution in [3.05, 3.63) is 106 Å². The van der Waals surface area contributed by atoms with Crippen LogP contribution in [0.25, 0.3) is 11.0 Å². The Hall–Kier alpha value is -3.33. The number of fused-ring (bicyclic) bond motifs is 1. The first kappa shape index (κ1) is 23.8. The number of hydrogen-bond acceptors (Lipinski definition) is 3. The number of nitrogens with zero attached hydrogens (tertiary/aromatic N) is 3. The third-order valence-corrected chi connectivity index (χ3v) is 6.46. The summed E-state index contributed by atoms with van der Waals surface area (Å²) in [5, 5.41) is 0. The summed E-state index contributed by atoms with van der Waals surface area (Å²) in [6.45, 7) is 4.77. The molecule has 1 saturated heterocycles. The first-order chi connectivity index (χ1) is 16.1. The van der Waals surface area contributed by atoms with Gasteiger partial charge in [-0.1, -0.05) is 36.4 Å². The third kappa shape index (κ3) is 4.94. The molecule has 1 fully saturated rings. The van der Waals surface area contributed by atoms with Gasteiger partial charge in [0.1, 0.15) is 11.6 Å². The van der Waals surface area contributed by atoms with Crippen molar-refractivity contribution < 1.29 is 14.3 Å². The third-order valence-electron chi connectivity index (χ3n) is 6.46. The van der Waals surface area contributed by atoms with Crippen LogP contribution in [0, 0.1) is 11.6 Å². The average Bonchev–Trinajstić information content (AvgIpc) is 3.16. The van der Waals surface area contributed by atoms with Gasteiger partial charge in [-0.2, -0.15) is 0 Å². The zero-order valence-corrected chi connectivity index (χ0v) is 18.8. The first-order valence-electron chi connectivity index (χ1n) is 11.2. The van der Waals surface area contributed by atoms with Crippen LogP contribution in [0.1, 0.15) is 17.2 Å². The molecule has 1 aliphatic rings. The normalized spacial score (nSPS) is 15.0. The summed E-state index contributed by atoms with van der Waals surface area (Å²) in [4.78, 5) is 20.0. The molecule has 0 atom stereocenters. The summed E-state index contributed by atoms with van der Waals surface area (Å²) < 4.78 is 28.9. The minimum absolute atomic E-state index is 0. The van der Waals surface area contributed by atoms with Crippen LogP contribution in [0.15, 0.2) is 77.6 Å². The van der Waals surface area contributed by atoms with Crippen LogP contribution >= 0.6 is 0 Å². The van der Waals surface area contributed by atoms with Crippen LogP contribution in [0.3, 0.4) is 0 Å². The highest BCUT2D eigenvalue weighted by Crippen LogP contribution is 2.30. The minimum Gasteiger partial charge on any atom is -0.412 e. The number of para-hydroxylation sites is 2. The minimum atomic E-state index is -0.269. The van der Waals surface area contributed by atoms with Gasteiger partial charge < -0.3 is 10.5 Å². The van der Waals surface area contributed by atoms with Gasteiger partial charge in [-0.05, 0) is 47.5 Å². The maximum absolute atomic E-state index is 13.5. The average molecular weight is 467 g/mol. The van der Waals surface area contributed by atoms with E-state index < -0.39 is 0 Å². The predicted octanol–water partition coefficient (Wildman–Crippen LogP) is 3.19. The summed E-state index contributed by atoms with van der Waals surface area (Å²) in [6, 6.07) is 20.8. The topological polar surface area (TPSA) is 75.8 Å². The Morgan fingerprint density at radius 1 is 0.765 bits per heavy atom. The molecule has 0 bridgehead atoms. The quantitative estimate of drug-likeness (QED) is 0.474. The van der Waals surface area contributed by atoms with Crippen LogP contribution in [0.4, 0.5) is 8.78 Å². The summed E-state index contributed by atoms with van der Waals surface area (Å²) in [5.41, 5.74) is 3.67. The van der Waals surface area contributed by atoms with E-state index in [9.17, 15) is 13.6 Å².